The van der Waals surface area contributed by atoms with E-state index in [0.29, 0.717) is 21.1 Å². The zero-order valence-corrected chi connectivity index (χ0v) is 15.0. The molecule has 1 heterocycles. The number of hydrogen-bond acceptors (Lipinski definition) is 4. The molecule has 0 amide bonds. The summed E-state index contributed by atoms with van der Waals surface area (Å²) < 4.78 is 27.5. The lowest BCUT2D eigenvalue weighted by Gasteiger charge is -2.04. The van der Waals surface area contributed by atoms with Crippen molar-refractivity contribution < 1.29 is 8.42 Å². The SMILES string of the molecule is O=S(=O)(NCCSc1ccccc1)c1cc(Cl)c(Br)s1. The molecule has 2 rings (SSSR count). The first-order chi connectivity index (χ1) is 9.49. The van der Waals surface area contributed by atoms with Crippen molar-refractivity contribution in [2.45, 2.75) is 9.10 Å². The van der Waals surface area contributed by atoms with Gasteiger partial charge in [0.25, 0.3) is 0 Å². The number of nitrogens with one attached hydrogen (secondary N) is 1. The van der Waals surface area contributed by atoms with E-state index in [9.17, 15) is 8.42 Å². The van der Waals surface area contributed by atoms with E-state index >= 15 is 0 Å². The third kappa shape index (κ3) is 4.47. The largest absolute Gasteiger partial charge is 0.250 e. The van der Waals surface area contributed by atoms with Crippen molar-refractivity contribution in [2.24, 2.45) is 0 Å². The van der Waals surface area contributed by atoms with E-state index in [1.54, 1.807) is 11.8 Å². The van der Waals surface area contributed by atoms with Crippen LogP contribution in [0.5, 0.6) is 0 Å². The predicted molar refractivity (Wildman–Crippen MR) is 89.4 cm³/mol. The van der Waals surface area contributed by atoms with Crippen molar-refractivity contribution in [1.29, 1.82) is 0 Å². The average molecular weight is 413 g/mol. The molecule has 0 spiro atoms. The van der Waals surface area contributed by atoms with Gasteiger partial charge in [-0.2, -0.15) is 0 Å². The molecule has 3 nitrogen and oxygen atoms in total. The molecule has 108 valence electrons. The lowest BCUT2D eigenvalue weighted by atomic mass is 10.4. The van der Waals surface area contributed by atoms with E-state index in [0.717, 1.165) is 16.2 Å². The van der Waals surface area contributed by atoms with Gasteiger partial charge in [0, 0.05) is 17.2 Å². The monoisotopic (exact) mass is 411 g/mol. The highest BCUT2D eigenvalue weighted by atomic mass is 79.9. The molecule has 0 aliphatic heterocycles. The van der Waals surface area contributed by atoms with Gasteiger partial charge in [0.15, 0.2) is 0 Å². The van der Waals surface area contributed by atoms with E-state index in [1.807, 2.05) is 30.3 Å². The van der Waals surface area contributed by atoms with Crippen LogP contribution in [0.25, 0.3) is 0 Å². The van der Waals surface area contributed by atoms with Gasteiger partial charge in [0.1, 0.15) is 4.21 Å². The van der Waals surface area contributed by atoms with E-state index in [2.05, 4.69) is 20.7 Å². The van der Waals surface area contributed by atoms with Crippen LogP contribution in [0.15, 0.2) is 49.3 Å². The van der Waals surface area contributed by atoms with Gasteiger partial charge in [-0.3, -0.25) is 0 Å². The maximum Gasteiger partial charge on any atom is 0.250 e. The topological polar surface area (TPSA) is 46.2 Å². The molecule has 0 aliphatic rings. The Hall–Kier alpha value is -0.0500. The van der Waals surface area contributed by atoms with Gasteiger partial charge < -0.3 is 0 Å². The first-order valence-electron chi connectivity index (χ1n) is 5.61. The molecule has 2 aromatic rings. The molecule has 0 saturated heterocycles. The van der Waals surface area contributed by atoms with Crippen LogP contribution in [0.4, 0.5) is 0 Å². The molecule has 0 atom stereocenters. The summed E-state index contributed by atoms with van der Waals surface area (Å²) in [5.41, 5.74) is 0. The van der Waals surface area contributed by atoms with Gasteiger partial charge in [-0.05, 0) is 34.1 Å². The number of sulfonamides is 1. The van der Waals surface area contributed by atoms with Crippen molar-refractivity contribution in [2.75, 3.05) is 12.3 Å². The van der Waals surface area contributed by atoms with Crippen molar-refractivity contribution >= 4 is 60.7 Å². The highest BCUT2D eigenvalue weighted by Crippen LogP contribution is 2.34. The maximum absolute atomic E-state index is 12.0. The van der Waals surface area contributed by atoms with Gasteiger partial charge >= 0.3 is 0 Å². The van der Waals surface area contributed by atoms with Crippen molar-refractivity contribution in [3.05, 3.63) is 45.2 Å². The molecule has 0 unspecified atom stereocenters. The number of rotatable bonds is 6. The fourth-order valence-corrected chi connectivity index (χ4v) is 5.79. The summed E-state index contributed by atoms with van der Waals surface area (Å²) in [6, 6.07) is 11.3. The Kier molecular flexibility index (Phi) is 5.95. The Morgan fingerprint density at radius 1 is 1.30 bits per heavy atom. The normalized spacial score (nSPS) is 11.7. The molecule has 1 aromatic heterocycles. The van der Waals surface area contributed by atoms with Crippen LogP contribution in [-0.4, -0.2) is 20.7 Å². The van der Waals surface area contributed by atoms with E-state index in [1.165, 1.54) is 6.07 Å². The molecule has 0 bridgehead atoms. The summed E-state index contributed by atoms with van der Waals surface area (Å²) in [5, 5.41) is 0.411. The smallest absolute Gasteiger partial charge is 0.210 e. The Bertz CT molecular complexity index is 654. The summed E-state index contributed by atoms with van der Waals surface area (Å²) in [6.07, 6.45) is 0. The van der Waals surface area contributed by atoms with E-state index in [4.69, 9.17) is 11.6 Å². The Morgan fingerprint density at radius 3 is 2.60 bits per heavy atom. The van der Waals surface area contributed by atoms with Crippen molar-refractivity contribution in [3.63, 3.8) is 0 Å². The Balaban J connectivity index is 1.87. The van der Waals surface area contributed by atoms with E-state index < -0.39 is 10.0 Å². The average Bonchev–Trinajstić information content (AvgIpc) is 2.77. The van der Waals surface area contributed by atoms with Crippen LogP contribution in [0.2, 0.25) is 5.02 Å². The van der Waals surface area contributed by atoms with Crippen LogP contribution >= 0.6 is 50.6 Å². The second kappa shape index (κ2) is 7.29. The van der Waals surface area contributed by atoms with Gasteiger partial charge in [-0.1, -0.05) is 29.8 Å². The highest BCUT2D eigenvalue weighted by Gasteiger charge is 2.18. The van der Waals surface area contributed by atoms with Crippen LogP contribution in [0, 0.1) is 0 Å². The second-order valence-electron chi connectivity index (χ2n) is 3.75. The van der Waals surface area contributed by atoms with Crippen LogP contribution < -0.4 is 4.72 Å². The zero-order chi connectivity index (χ0) is 14.6. The lowest BCUT2D eigenvalue weighted by Crippen LogP contribution is -2.25. The zero-order valence-electron chi connectivity index (χ0n) is 10.2. The van der Waals surface area contributed by atoms with Crippen molar-refractivity contribution in [3.8, 4) is 0 Å². The molecule has 1 aromatic carbocycles. The minimum absolute atomic E-state index is 0.221. The fourth-order valence-electron chi connectivity index (χ4n) is 1.39. The third-order valence-corrected chi connectivity index (χ3v) is 7.72. The number of halogens is 2. The van der Waals surface area contributed by atoms with Crippen LogP contribution in [-0.2, 0) is 10.0 Å². The van der Waals surface area contributed by atoms with Gasteiger partial charge in [-0.25, -0.2) is 13.1 Å². The lowest BCUT2D eigenvalue weighted by molar-refractivity contribution is 0.586. The Morgan fingerprint density at radius 2 is 2.00 bits per heavy atom. The standard InChI is InChI=1S/C12H11BrClNO2S3/c13-12-10(14)8-11(19-12)20(16,17)15-6-7-18-9-4-2-1-3-5-9/h1-5,8,15H,6-7H2. The van der Waals surface area contributed by atoms with Gasteiger partial charge in [-0.15, -0.1) is 23.1 Å². The molecule has 20 heavy (non-hydrogen) atoms. The molecule has 0 fully saturated rings. The molecular weight excluding hydrogens is 402 g/mol. The molecule has 8 heteroatoms. The number of benzene rings is 1. The highest BCUT2D eigenvalue weighted by molar-refractivity contribution is 9.11. The summed E-state index contributed by atoms with van der Waals surface area (Å²) in [6.45, 7) is 0.370. The van der Waals surface area contributed by atoms with Crippen LogP contribution in [0.3, 0.4) is 0 Å². The van der Waals surface area contributed by atoms with Crippen molar-refractivity contribution in [1.82, 2.24) is 4.72 Å². The second-order valence-corrected chi connectivity index (χ2v) is 9.69. The quantitative estimate of drug-likeness (QED) is 0.570. The van der Waals surface area contributed by atoms with E-state index in [-0.39, 0.29) is 4.21 Å². The maximum atomic E-state index is 12.0. The summed E-state index contributed by atoms with van der Waals surface area (Å²) >= 11 is 11.8. The van der Waals surface area contributed by atoms with Gasteiger partial charge in [0.2, 0.25) is 10.0 Å². The summed E-state index contributed by atoms with van der Waals surface area (Å²) in [5.74, 6) is 0.670. The first-order valence-corrected chi connectivity index (χ1v) is 10.1. The van der Waals surface area contributed by atoms with Gasteiger partial charge in [0.05, 0.1) is 8.81 Å². The van der Waals surface area contributed by atoms with Crippen LogP contribution in [0.1, 0.15) is 0 Å². The minimum Gasteiger partial charge on any atom is -0.210 e. The fraction of sp³-hybridized carbons (Fsp3) is 0.167. The first kappa shape index (κ1) is 16.3. The predicted octanol–water partition coefficient (Wildman–Crippen LogP) is 4.23. The number of thiophene rings is 1. The summed E-state index contributed by atoms with van der Waals surface area (Å²) in [7, 11) is -3.48. The molecular formula is C12H11BrClNO2S3. The number of hydrogen-bond donors (Lipinski definition) is 1. The third-order valence-electron chi connectivity index (χ3n) is 2.29. The number of thioether (sulfide) groups is 1. The molecule has 0 aliphatic carbocycles. The molecule has 1 N–H and O–H groups in total. The minimum atomic E-state index is -3.48. The molecule has 0 saturated carbocycles. The molecule has 0 radical (unpaired) electrons. The summed E-state index contributed by atoms with van der Waals surface area (Å²) in [4.78, 5) is 1.12. The Labute approximate surface area is 139 Å².